The van der Waals surface area contributed by atoms with E-state index in [0.29, 0.717) is 11.1 Å². The number of H-pyrrole nitrogens is 1. The number of aromatic nitrogens is 2. The van der Waals surface area contributed by atoms with Gasteiger partial charge in [-0.25, -0.2) is 19.0 Å². The molecule has 42 heavy (non-hydrogen) atoms. The lowest BCUT2D eigenvalue weighted by atomic mass is 10.00. The van der Waals surface area contributed by atoms with Crippen molar-refractivity contribution >= 4 is 34.7 Å². The van der Waals surface area contributed by atoms with E-state index < -0.39 is 53.2 Å². The van der Waals surface area contributed by atoms with Gasteiger partial charge in [-0.3, -0.25) is 14.4 Å². The van der Waals surface area contributed by atoms with Crippen LogP contribution in [0.2, 0.25) is 0 Å². The molecule has 1 heterocycles. The van der Waals surface area contributed by atoms with Crippen molar-refractivity contribution in [2.75, 3.05) is 6.54 Å². The van der Waals surface area contributed by atoms with Crippen LogP contribution in [0.4, 0.5) is 4.79 Å². The van der Waals surface area contributed by atoms with E-state index in [0.717, 1.165) is 4.57 Å². The number of carbonyl (C=O) groups is 4. The molecule has 4 amide bonds. The minimum atomic E-state index is -1.31. The molecule has 3 unspecified atom stereocenters. The van der Waals surface area contributed by atoms with Gasteiger partial charge in [0.2, 0.25) is 11.8 Å². The van der Waals surface area contributed by atoms with E-state index in [1.165, 1.54) is 0 Å². The lowest BCUT2D eigenvalue weighted by Gasteiger charge is -2.26. The van der Waals surface area contributed by atoms with Gasteiger partial charge in [0.25, 0.3) is 5.56 Å². The number of rotatable bonds is 14. The smallest absolute Gasteiger partial charge is 0.329 e. The molecule has 7 N–H and O–H groups in total. The summed E-state index contributed by atoms with van der Waals surface area (Å²) in [5, 5.41) is 17.3. The lowest BCUT2D eigenvalue weighted by molar-refractivity contribution is -0.142. The second-order valence-corrected chi connectivity index (χ2v) is 10.4. The first-order valence-electron chi connectivity index (χ1n) is 13.6. The highest BCUT2D eigenvalue weighted by Crippen LogP contribution is 2.15. The molecule has 0 saturated heterocycles. The average Bonchev–Trinajstić information content (AvgIpc) is 2.93. The number of carboxylic acid groups (broad SMARTS) is 1. The fourth-order valence-electron chi connectivity index (χ4n) is 4.62. The molecule has 224 valence electrons. The molecule has 2 aromatic carbocycles. The molecule has 0 radical (unpaired) electrons. The molecule has 0 fully saturated rings. The summed E-state index contributed by atoms with van der Waals surface area (Å²) in [6.07, 6.45) is 0.374. The zero-order valence-corrected chi connectivity index (χ0v) is 23.5. The van der Waals surface area contributed by atoms with Gasteiger partial charge in [-0.2, -0.15) is 0 Å². The summed E-state index contributed by atoms with van der Waals surface area (Å²) in [7, 11) is 0. The minimum absolute atomic E-state index is 0.00217. The van der Waals surface area contributed by atoms with Crippen LogP contribution in [0.1, 0.15) is 44.7 Å². The van der Waals surface area contributed by atoms with Gasteiger partial charge in [-0.1, -0.05) is 56.3 Å². The number of aliphatic carboxylic acids is 1. The summed E-state index contributed by atoms with van der Waals surface area (Å²) in [5.41, 5.74) is 4.58. The highest BCUT2D eigenvalue weighted by molar-refractivity contribution is 5.91. The number of urea groups is 1. The van der Waals surface area contributed by atoms with Crippen molar-refractivity contribution in [1.29, 1.82) is 0 Å². The van der Waals surface area contributed by atoms with Crippen LogP contribution < -0.4 is 32.9 Å². The highest BCUT2D eigenvalue weighted by atomic mass is 16.4. The van der Waals surface area contributed by atoms with Gasteiger partial charge in [0, 0.05) is 13.0 Å². The third-order valence-electron chi connectivity index (χ3n) is 6.65. The molecule has 3 aromatic rings. The third-order valence-corrected chi connectivity index (χ3v) is 6.65. The maximum Gasteiger partial charge on any atom is 0.329 e. The van der Waals surface area contributed by atoms with Crippen LogP contribution in [0.25, 0.3) is 10.9 Å². The zero-order valence-electron chi connectivity index (χ0n) is 23.5. The minimum Gasteiger partial charge on any atom is -0.480 e. The van der Waals surface area contributed by atoms with Crippen LogP contribution in [-0.4, -0.2) is 57.1 Å². The summed E-state index contributed by atoms with van der Waals surface area (Å²) >= 11 is 0. The predicted octanol–water partition coefficient (Wildman–Crippen LogP) is 1.02. The summed E-state index contributed by atoms with van der Waals surface area (Å²) in [6, 6.07) is 10.8. The van der Waals surface area contributed by atoms with E-state index in [1.54, 1.807) is 54.6 Å². The Kier molecular flexibility index (Phi) is 11.0. The number of nitrogens with two attached hydrogens (primary N) is 1. The highest BCUT2D eigenvalue weighted by Gasteiger charge is 2.31. The molecule has 1 aromatic heterocycles. The molecule has 13 nitrogen and oxygen atoms in total. The van der Waals surface area contributed by atoms with Crippen LogP contribution in [0.3, 0.4) is 0 Å². The number of para-hydroxylation sites is 1. The molecule has 13 heteroatoms. The number of carboxylic acids is 1. The van der Waals surface area contributed by atoms with E-state index >= 15 is 0 Å². The standard InChI is InChI=1S/C29H36N6O7/c1-17(2)15-22(24(36)32-21(27(39)40)13-8-14-31-28(30)41)33-25(37)23(16-18-9-4-3-5-10-18)35-26(38)19-11-6-7-12-20(19)34-29(35)42/h3-7,9-12,17,21-23H,8,13-16H2,1-2H3,(H,32,36)(H,33,37)(H,34,42)(H,39,40)(H3,30,31,41). The molecule has 0 aliphatic heterocycles. The van der Waals surface area contributed by atoms with Crippen molar-refractivity contribution in [2.45, 2.75) is 57.7 Å². The van der Waals surface area contributed by atoms with Crippen LogP contribution in [-0.2, 0) is 20.8 Å². The average molecular weight is 581 g/mol. The molecule has 0 aliphatic carbocycles. The number of fused-ring (bicyclic) bond motifs is 1. The summed E-state index contributed by atoms with van der Waals surface area (Å²) in [4.78, 5) is 79.0. The van der Waals surface area contributed by atoms with E-state index in [-0.39, 0.29) is 43.5 Å². The number of hydrogen-bond acceptors (Lipinski definition) is 6. The fourth-order valence-corrected chi connectivity index (χ4v) is 4.62. The van der Waals surface area contributed by atoms with Gasteiger partial charge >= 0.3 is 17.7 Å². The number of carbonyl (C=O) groups excluding carboxylic acids is 3. The summed E-state index contributed by atoms with van der Waals surface area (Å²) in [5.74, 6) is -2.85. The molecular formula is C29H36N6O7. The number of nitrogens with one attached hydrogen (secondary N) is 4. The number of nitrogens with zero attached hydrogens (tertiary/aromatic N) is 1. The van der Waals surface area contributed by atoms with E-state index in [1.807, 2.05) is 13.8 Å². The third kappa shape index (κ3) is 8.53. The predicted molar refractivity (Wildman–Crippen MR) is 156 cm³/mol. The number of amides is 4. The second-order valence-electron chi connectivity index (χ2n) is 10.4. The maximum absolute atomic E-state index is 13.8. The Hall–Kier alpha value is -4.94. The van der Waals surface area contributed by atoms with E-state index in [4.69, 9.17) is 5.73 Å². The van der Waals surface area contributed by atoms with Crippen LogP contribution in [0, 0.1) is 5.92 Å². The first kappa shape index (κ1) is 31.6. The summed E-state index contributed by atoms with van der Waals surface area (Å²) in [6.45, 7) is 3.78. The van der Waals surface area contributed by atoms with Gasteiger partial charge < -0.3 is 31.8 Å². The van der Waals surface area contributed by atoms with Crippen LogP contribution in [0.5, 0.6) is 0 Å². The fraction of sp³-hybridized carbons (Fsp3) is 0.379. The van der Waals surface area contributed by atoms with Crippen molar-refractivity contribution in [1.82, 2.24) is 25.5 Å². The lowest BCUT2D eigenvalue weighted by Crippen LogP contribution is -2.54. The number of benzene rings is 2. The number of aromatic amines is 1. The second kappa shape index (κ2) is 14.6. The number of primary amides is 1. The maximum atomic E-state index is 13.8. The van der Waals surface area contributed by atoms with E-state index in [9.17, 15) is 33.9 Å². The topological polar surface area (TPSA) is 205 Å². The first-order chi connectivity index (χ1) is 20.0. The Morgan fingerprint density at radius 3 is 2.21 bits per heavy atom. The van der Waals surface area contributed by atoms with Crippen LogP contribution in [0.15, 0.2) is 64.2 Å². The van der Waals surface area contributed by atoms with Gasteiger partial charge in [-0.05, 0) is 42.9 Å². The first-order valence-corrected chi connectivity index (χ1v) is 13.6. The van der Waals surface area contributed by atoms with E-state index in [2.05, 4.69) is 20.9 Å². The van der Waals surface area contributed by atoms with Gasteiger partial charge in [0.05, 0.1) is 10.9 Å². The molecule has 3 atom stereocenters. The Morgan fingerprint density at radius 1 is 0.929 bits per heavy atom. The van der Waals surface area contributed by atoms with Crippen molar-refractivity contribution < 1.29 is 24.3 Å². The summed E-state index contributed by atoms with van der Waals surface area (Å²) < 4.78 is 0.848. The Labute approximate surface area is 241 Å². The van der Waals surface area contributed by atoms with Gasteiger partial charge in [0.15, 0.2) is 0 Å². The molecule has 3 rings (SSSR count). The normalized spacial score (nSPS) is 13.2. The Balaban J connectivity index is 1.92. The van der Waals surface area contributed by atoms with Crippen molar-refractivity contribution in [3.63, 3.8) is 0 Å². The molecule has 0 aliphatic rings. The quantitative estimate of drug-likeness (QED) is 0.153. The monoisotopic (exact) mass is 580 g/mol. The van der Waals surface area contributed by atoms with Crippen molar-refractivity contribution in [3.05, 3.63) is 81.0 Å². The zero-order chi connectivity index (χ0) is 30.8. The van der Waals surface area contributed by atoms with Crippen LogP contribution >= 0.6 is 0 Å². The molecule has 0 spiro atoms. The Bertz CT molecular complexity index is 1530. The Morgan fingerprint density at radius 2 is 1.57 bits per heavy atom. The van der Waals surface area contributed by atoms with Gasteiger partial charge in [0.1, 0.15) is 18.1 Å². The molecular weight excluding hydrogens is 544 g/mol. The largest absolute Gasteiger partial charge is 0.480 e. The molecule has 0 saturated carbocycles. The van der Waals surface area contributed by atoms with Crippen molar-refractivity contribution in [3.8, 4) is 0 Å². The SMILES string of the molecule is CC(C)CC(NC(=O)C(Cc1ccccc1)n1c(=O)[nH]c2ccccc2c1=O)C(=O)NC(CCCNC(N)=O)C(=O)O. The van der Waals surface area contributed by atoms with Gasteiger partial charge in [-0.15, -0.1) is 0 Å². The van der Waals surface area contributed by atoms with Crippen molar-refractivity contribution in [2.24, 2.45) is 11.7 Å². The molecule has 0 bridgehead atoms. The number of hydrogen-bond donors (Lipinski definition) is 6.